The van der Waals surface area contributed by atoms with Crippen LogP contribution in [0.25, 0.3) is 6.08 Å². The van der Waals surface area contributed by atoms with Crippen LogP contribution in [0.5, 0.6) is 11.5 Å². The highest BCUT2D eigenvalue weighted by Gasteiger charge is 2.26. The van der Waals surface area contributed by atoms with E-state index in [-0.39, 0.29) is 17.3 Å². The van der Waals surface area contributed by atoms with E-state index in [0.29, 0.717) is 41.1 Å². The summed E-state index contributed by atoms with van der Waals surface area (Å²) in [5, 5.41) is 1.27. The molecule has 10 heteroatoms. The highest BCUT2D eigenvalue weighted by atomic mass is 127. The number of halogens is 4. The van der Waals surface area contributed by atoms with Gasteiger partial charge in [-0.3, -0.25) is 0 Å². The lowest BCUT2D eigenvalue weighted by molar-refractivity contribution is -0.129. The number of carbonyl (C=O) groups is 2. The Morgan fingerprint density at radius 2 is 1.74 bits per heavy atom. The molecular weight excluding hydrogens is 616 g/mol. The fraction of sp³-hybridized carbons (Fsp3) is 0.0417. The number of hydrogen-bond acceptors (Lipinski definition) is 6. The van der Waals surface area contributed by atoms with E-state index in [1.165, 1.54) is 19.3 Å². The maximum absolute atomic E-state index is 12.5. The first-order chi connectivity index (χ1) is 16.2. The second-order valence-electron chi connectivity index (χ2n) is 6.89. The van der Waals surface area contributed by atoms with Crippen molar-refractivity contribution in [3.05, 3.63) is 95.6 Å². The van der Waals surface area contributed by atoms with E-state index >= 15 is 0 Å². The molecule has 6 nitrogen and oxygen atoms in total. The Morgan fingerprint density at radius 3 is 2.41 bits per heavy atom. The number of aliphatic imine (C=N–C) groups is 1. The molecule has 34 heavy (non-hydrogen) atoms. The van der Waals surface area contributed by atoms with Gasteiger partial charge < -0.3 is 14.2 Å². The Morgan fingerprint density at radius 1 is 1.03 bits per heavy atom. The van der Waals surface area contributed by atoms with Gasteiger partial charge in [0, 0.05) is 10.0 Å². The van der Waals surface area contributed by atoms with Crippen molar-refractivity contribution in [3.8, 4) is 11.5 Å². The van der Waals surface area contributed by atoms with E-state index in [1.807, 2.05) is 22.6 Å². The van der Waals surface area contributed by atoms with Crippen LogP contribution < -0.4 is 9.47 Å². The Hall–Kier alpha value is -2.59. The number of carbonyl (C=O) groups excluding carboxylic acids is 2. The number of benzene rings is 3. The van der Waals surface area contributed by atoms with Gasteiger partial charge in [0.1, 0.15) is 0 Å². The minimum Gasteiger partial charge on any atom is -0.493 e. The van der Waals surface area contributed by atoms with E-state index in [9.17, 15) is 9.59 Å². The molecule has 0 saturated carbocycles. The Labute approximate surface area is 223 Å². The number of methoxy groups -OCH3 is 1. The average Bonchev–Trinajstić information content (AvgIpc) is 3.15. The molecule has 172 valence electrons. The molecule has 3 aromatic rings. The van der Waals surface area contributed by atoms with Crippen molar-refractivity contribution in [1.82, 2.24) is 0 Å². The molecule has 0 amide bonds. The number of rotatable bonds is 5. The summed E-state index contributed by atoms with van der Waals surface area (Å²) >= 11 is 20.0. The third-order valence-corrected chi connectivity index (χ3v) is 6.21. The summed E-state index contributed by atoms with van der Waals surface area (Å²) in [5.41, 5.74) is 1.45. The SMILES string of the molecule is COc1cc(/C=C2\N=C(c3ccc(Cl)cc3Cl)OC2=O)cc(I)c1OC(=O)c1ccc(Cl)cc1. The molecule has 1 heterocycles. The highest BCUT2D eigenvalue weighted by molar-refractivity contribution is 14.1. The summed E-state index contributed by atoms with van der Waals surface area (Å²) < 4.78 is 16.8. The normalized spacial score (nSPS) is 14.1. The molecule has 1 aliphatic heterocycles. The van der Waals surface area contributed by atoms with E-state index in [1.54, 1.807) is 48.5 Å². The van der Waals surface area contributed by atoms with Crippen molar-refractivity contribution >= 4 is 81.3 Å². The van der Waals surface area contributed by atoms with E-state index < -0.39 is 11.9 Å². The van der Waals surface area contributed by atoms with Crippen LogP contribution in [-0.4, -0.2) is 24.9 Å². The van der Waals surface area contributed by atoms with Crippen LogP contribution in [0.3, 0.4) is 0 Å². The molecule has 0 bridgehead atoms. The fourth-order valence-corrected chi connectivity index (χ4v) is 4.36. The number of nitrogens with zero attached hydrogens (tertiary/aromatic N) is 1. The van der Waals surface area contributed by atoms with Crippen molar-refractivity contribution in [1.29, 1.82) is 0 Å². The topological polar surface area (TPSA) is 74.2 Å². The third kappa shape index (κ3) is 5.38. The van der Waals surface area contributed by atoms with Crippen molar-refractivity contribution in [2.75, 3.05) is 7.11 Å². The predicted octanol–water partition coefficient (Wildman–Crippen LogP) is 6.82. The molecule has 1 aliphatic rings. The van der Waals surface area contributed by atoms with Crippen LogP contribution in [-0.2, 0) is 9.53 Å². The smallest absolute Gasteiger partial charge is 0.363 e. The maximum Gasteiger partial charge on any atom is 0.363 e. The molecule has 0 fully saturated rings. The largest absolute Gasteiger partial charge is 0.493 e. The minimum absolute atomic E-state index is 0.0739. The van der Waals surface area contributed by atoms with E-state index in [0.717, 1.165) is 0 Å². The first-order valence-electron chi connectivity index (χ1n) is 9.58. The van der Waals surface area contributed by atoms with Gasteiger partial charge in [-0.25, -0.2) is 14.6 Å². The van der Waals surface area contributed by atoms with Crippen molar-refractivity contribution in [2.24, 2.45) is 4.99 Å². The first-order valence-corrected chi connectivity index (χ1v) is 11.8. The van der Waals surface area contributed by atoms with Gasteiger partial charge in [-0.2, -0.15) is 0 Å². The zero-order valence-electron chi connectivity index (χ0n) is 17.3. The van der Waals surface area contributed by atoms with Gasteiger partial charge in [-0.1, -0.05) is 34.8 Å². The Kier molecular flexibility index (Phi) is 7.47. The van der Waals surface area contributed by atoms with E-state index in [2.05, 4.69) is 4.99 Å². The van der Waals surface area contributed by atoms with Gasteiger partial charge in [-0.05, 0) is 88.8 Å². The van der Waals surface area contributed by atoms with Crippen molar-refractivity contribution in [2.45, 2.75) is 0 Å². The van der Waals surface area contributed by atoms with Crippen molar-refractivity contribution < 1.29 is 23.8 Å². The monoisotopic (exact) mass is 627 g/mol. The van der Waals surface area contributed by atoms with Gasteiger partial charge in [-0.15, -0.1) is 0 Å². The van der Waals surface area contributed by atoms with Crippen molar-refractivity contribution in [3.63, 3.8) is 0 Å². The van der Waals surface area contributed by atoms with Gasteiger partial charge >= 0.3 is 11.9 Å². The average molecular weight is 629 g/mol. The third-order valence-electron chi connectivity index (χ3n) is 4.61. The number of esters is 2. The lowest BCUT2D eigenvalue weighted by atomic mass is 10.1. The van der Waals surface area contributed by atoms with Crippen LogP contribution in [0.2, 0.25) is 15.1 Å². The summed E-state index contributed by atoms with van der Waals surface area (Å²) in [6.07, 6.45) is 1.54. The van der Waals surface area contributed by atoms with Gasteiger partial charge in [0.2, 0.25) is 5.90 Å². The second kappa shape index (κ2) is 10.4. The summed E-state index contributed by atoms with van der Waals surface area (Å²) in [6, 6.07) is 14.5. The first kappa shape index (κ1) is 24.5. The zero-order valence-corrected chi connectivity index (χ0v) is 21.7. The maximum atomic E-state index is 12.5. The van der Waals surface area contributed by atoms with E-state index in [4.69, 9.17) is 49.0 Å². The van der Waals surface area contributed by atoms with Crippen LogP contribution in [0.1, 0.15) is 21.5 Å². The number of cyclic esters (lactones) is 1. The minimum atomic E-state index is -0.631. The standard InChI is InChI=1S/C24H13Cl3INO5/c1-32-20-10-12(8-18(28)21(20)33-23(30)13-2-4-14(25)5-3-13)9-19-24(31)34-22(29-19)16-7-6-15(26)11-17(16)27/h2-11H,1H3/b19-9-. The number of hydrogen-bond donors (Lipinski definition) is 0. The Bertz CT molecular complexity index is 1370. The van der Waals surface area contributed by atoms with Gasteiger partial charge in [0.15, 0.2) is 17.2 Å². The fourth-order valence-electron chi connectivity index (χ4n) is 3.00. The lowest BCUT2D eigenvalue weighted by Gasteiger charge is -2.12. The molecule has 0 aliphatic carbocycles. The lowest BCUT2D eigenvalue weighted by Crippen LogP contribution is -2.10. The molecule has 0 radical (unpaired) electrons. The molecule has 4 rings (SSSR count). The van der Waals surface area contributed by atoms with Gasteiger partial charge in [0.05, 0.1) is 26.8 Å². The van der Waals surface area contributed by atoms with Crippen LogP contribution >= 0.6 is 57.4 Å². The molecule has 0 N–H and O–H groups in total. The molecule has 0 saturated heterocycles. The molecule has 3 aromatic carbocycles. The molecule has 0 aromatic heterocycles. The van der Waals surface area contributed by atoms with Crippen LogP contribution in [0.15, 0.2) is 65.3 Å². The summed E-state index contributed by atoms with van der Waals surface area (Å²) in [6.45, 7) is 0. The van der Waals surface area contributed by atoms with Crippen LogP contribution in [0.4, 0.5) is 0 Å². The number of ether oxygens (including phenoxy) is 3. The quantitative estimate of drug-likeness (QED) is 0.134. The van der Waals surface area contributed by atoms with Crippen LogP contribution in [0, 0.1) is 3.57 Å². The molecule has 0 spiro atoms. The summed E-state index contributed by atoms with van der Waals surface area (Å²) in [7, 11) is 1.45. The molecular formula is C24H13Cl3INO5. The molecule has 0 unspecified atom stereocenters. The highest BCUT2D eigenvalue weighted by Crippen LogP contribution is 2.36. The zero-order chi connectivity index (χ0) is 24.4. The summed E-state index contributed by atoms with van der Waals surface area (Å²) in [5.74, 6) is -0.567. The van der Waals surface area contributed by atoms with Gasteiger partial charge in [0.25, 0.3) is 0 Å². The Balaban J connectivity index is 1.63. The second-order valence-corrected chi connectivity index (χ2v) is 9.33. The predicted molar refractivity (Wildman–Crippen MR) is 139 cm³/mol. The summed E-state index contributed by atoms with van der Waals surface area (Å²) in [4.78, 5) is 29.2. The molecule has 0 atom stereocenters.